The Labute approximate surface area is 220 Å². The van der Waals surface area contributed by atoms with E-state index in [4.69, 9.17) is 10.5 Å². The molecule has 0 saturated carbocycles. The Balaban J connectivity index is 1.80. The predicted octanol–water partition coefficient (Wildman–Crippen LogP) is 3.58. The number of epoxide rings is 1. The van der Waals surface area contributed by atoms with Crippen molar-refractivity contribution in [1.82, 2.24) is 10.6 Å². The van der Waals surface area contributed by atoms with Crippen LogP contribution in [0.1, 0.15) is 58.2 Å². The zero-order chi connectivity index (χ0) is 27.2. The zero-order valence-corrected chi connectivity index (χ0v) is 22.6. The molecule has 4 N–H and O–H groups in total. The largest absolute Gasteiger partial charge is 0.372 e. The highest BCUT2D eigenvalue weighted by Crippen LogP contribution is 2.33. The Hall–Kier alpha value is -3.03. The maximum absolute atomic E-state index is 13.8. The number of hydrogen-bond donors (Lipinski definition) is 3. The van der Waals surface area contributed by atoms with Crippen LogP contribution in [0.25, 0.3) is 0 Å². The third-order valence-corrected chi connectivity index (χ3v) is 6.56. The van der Waals surface area contributed by atoms with Crippen molar-refractivity contribution in [3.8, 4) is 0 Å². The molecule has 7 heteroatoms. The minimum Gasteiger partial charge on any atom is -0.372 e. The molecule has 0 bridgehead atoms. The van der Waals surface area contributed by atoms with Crippen LogP contribution in [0.2, 0.25) is 0 Å². The van der Waals surface area contributed by atoms with Gasteiger partial charge in [0.15, 0.2) is 5.78 Å². The standard InChI is InChI=1S/C30H41N3O4/c1-19(2)27(28(35)25(23-18-37-23)26(31)21-14-10-7-11-15-21)33-29(36)22(16-20-12-8-6-9-13-20)32-24(34)17-30(3,4)5/h6-15,19,22-23,25-27H,16-18,31H2,1-5H3,(H,32,34)(H,33,36)/t22-,23?,25+,26?,27-/m0/s1. The number of hydrogen-bond acceptors (Lipinski definition) is 5. The van der Waals surface area contributed by atoms with Gasteiger partial charge >= 0.3 is 0 Å². The lowest BCUT2D eigenvalue weighted by Crippen LogP contribution is -2.56. The molecule has 2 amide bonds. The minimum atomic E-state index is -0.815. The van der Waals surface area contributed by atoms with Crippen LogP contribution < -0.4 is 16.4 Å². The first-order chi connectivity index (χ1) is 17.5. The van der Waals surface area contributed by atoms with Crippen LogP contribution in [-0.2, 0) is 25.5 Å². The second-order valence-electron chi connectivity index (χ2n) is 11.5. The molecule has 1 aliphatic rings. The number of carbonyl (C=O) groups is 3. The van der Waals surface area contributed by atoms with E-state index in [1.165, 1.54) is 0 Å². The van der Waals surface area contributed by atoms with E-state index in [-0.39, 0.29) is 41.5 Å². The summed E-state index contributed by atoms with van der Waals surface area (Å²) >= 11 is 0. The summed E-state index contributed by atoms with van der Waals surface area (Å²) in [6, 6.07) is 16.9. The summed E-state index contributed by atoms with van der Waals surface area (Å²) in [7, 11) is 0. The van der Waals surface area contributed by atoms with Gasteiger partial charge in [0, 0.05) is 18.9 Å². The highest BCUT2D eigenvalue weighted by molar-refractivity contribution is 5.94. The first kappa shape index (κ1) is 28.5. The van der Waals surface area contributed by atoms with Gasteiger partial charge in [-0.2, -0.15) is 0 Å². The molecule has 200 valence electrons. The van der Waals surface area contributed by atoms with Crippen molar-refractivity contribution in [3.05, 3.63) is 71.8 Å². The fourth-order valence-electron chi connectivity index (χ4n) is 4.55. The quantitative estimate of drug-likeness (QED) is 0.380. The van der Waals surface area contributed by atoms with Gasteiger partial charge in [0.1, 0.15) is 6.04 Å². The van der Waals surface area contributed by atoms with E-state index in [1.807, 2.05) is 95.3 Å². The maximum Gasteiger partial charge on any atom is 0.243 e. The monoisotopic (exact) mass is 507 g/mol. The highest BCUT2D eigenvalue weighted by Gasteiger charge is 2.45. The van der Waals surface area contributed by atoms with Crippen LogP contribution in [0.3, 0.4) is 0 Å². The zero-order valence-electron chi connectivity index (χ0n) is 22.6. The Bertz CT molecular complexity index is 1050. The van der Waals surface area contributed by atoms with Gasteiger partial charge in [-0.15, -0.1) is 0 Å². The Morgan fingerprint density at radius 1 is 0.973 bits per heavy atom. The topological polar surface area (TPSA) is 114 Å². The molecule has 1 fully saturated rings. The minimum absolute atomic E-state index is 0.151. The third-order valence-electron chi connectivity index (χ3n) is 6.56. The molecule has 2 aromatic rings. The summed E-state index contributed by atoms with van der Waals surface area (Å²) in [5.74, 6) is -1.50. The molecule has 5 atom stereocenters. The molecule has 2 unspecified atom stereocenters. The molecule has 7 nitrogen and oxygen atoms in total. The Kier molecular flexibility index (Phi) is 9.62. The van der Waals surface area contributed by atoms with E-state index in [0.29, 0.717) is 13.0 Å². The van der Waals surface area contributed by atoms with E-state index in [2.05, 4.69) is 10.6 Å². The average Bonchev–Trinajstić information content (AvgIpc) is 3.67. The molecule has 2 aromatic carbocycles. The molecule has 1 saturated heterocycles. The Morgan fingerprint density at radius 3 is 2.05 bits per heavy atom. The van der Waals surface area contributed by atoms with Gasteiger partial charge in [-0.05, 0) is 22.5 Å². The first-order valence-electron chi connectivity index (χ1n) is 13.1. The van der Waals surface area contributed by atoms with E-state index >= 15 is 0 Å². The van der Waals surface area contributed by atoms with E-state index < -0.39 is 24.0 Å². The van der Waals surface area contributed by atoms with Gasteiger partial charge in [0.25, 0.3) is 0 Å². The van der Waals surface area contributed by atoms with Gasteiger partial charge in [-0.3, -0.25) is 14.4 Å². The molecule has 0 aromatic heterocycles. The van der Waals surface area contributed by atoms with Crippen molar-refractivity contribution in [1.29, 1.82) is 0 Å². The van der Waals surface area contributed by atoms with Gasteiger partial charge in [-0.25, -0.2) is 0 Å². The summed E-state index contributed by atoms with van der Waals surface area (Å²) in [5.41, 5.74) is 8.11. The average molecular weight is 508 g/mol. The molecule has 1 heterocycles. The first-order valence-corrected chi connectivity index (χ1v) is 13.1. The molecular weight excluding hydrogens is 466 g/mol. The number of benzene rings is 2. The van der Waals surface area contributed by atoms with Crippen LogP contribution in [0.4, 0.5) is 0 Å². The molecule has 3 rings (SSSR count). The lowest BCUT2D eigenvalue weighted by Gasteiger charge is -2.30. The summed E-state index contributed by atoms with van der Waals surface area (Å²) in [4.78, 5) is 40.2. The van der Waals surface area contributed by atoms with Crippen molar-refractivity contribution in [2.45, 2.75) is 71.7 Å². The van der Waals surface area contributed by atoms with Crippen LogP contribution in [0.5, 0.6) is 0 Å². The number of nitrogens with two attached hydrogens (primary N) is 1. The van der Waals surface area contributed by atoms with Gasteiger partial charge in [0.05, 0.1) is 24.7 Å². The van der Waals surface area contributed by atoms with Crippen molar-refractivity contribution in [2.24, 2.45) is 23.0 Å². The lowest BCUT2D eigenvalue weighted by molar-refractivity contribution is -0.134. The predicted molar refractivity (Wildman–Crippen MR) is 145 cm³/mol. The van der Waals surface area contributed by atoms with Crippen molar-refractivity contribution in [2.75, 3.05) is 6.61 Å². The third kappa shape index (κ3) is 8.51. The summed E-state index contributed by atoms with van der Waals surface area (Å²) in [6.07, 6.45) is 0.332. The number of rotatable bonds is 12. The molecule has 0 radical (unpaired) electrons. The van der Waals surface area contributed by atoms with Crippen molar-refractivity contribution < 1.29 is 19.1 Å². The van der Waals surface area contributed by atoms with E-state index in [9.17, 15) is 14.4 Å². The number of nitrogens with one attached hydrogen (secondary N) is 2. The fraction of sp³-hybridized carbons (Fsp3) is 0.500. The van der Waals surface area contributed by atoms with Gasteiger partial charge < -0.3 is 21.1 Å². The number of ether oxygens (including phenoxy) is 1. The van der Waals surface area contributed by atoms with E-state index in [1.54, 1.807) is 0 Å². The number of amides is 2. The SMILES string of the molecule is CC(C)[C@H](NC(=O)[C@H](Cc1ccccc1)NC(=O)CC(C)(C)C)C(=O)[C@H](C1CO1)C(N)c1ccccc1. The summed E-state index contributed by atoms with van der Waals surface area (Å²) < 4.78 is 5.52. The second kappa shape index (κ2) is 12.5. The van der Waals surface area contributed by atoms with Crippen molar-refractivity contribution >= 4 is 17.6 Å². The fourth-order valence-corrected chi connectivity index (χ4v) is 4.55. The Morgan fingerprint density at radius 2 is 1.54 bits per heavy atom. The number of carbonyl (C=O) groups excluding carboxylic acids is 3. The molecule has 0 aliphatic carbocycles. The second-order valence-corrected chi connectivity index (χ2v) is 11.5. The smallest absolute Gasteiger partial charge is 0.243 e. The van der Waals surface area contributed by atoms with E-state index in [0.717, 1.165) is 11.1 Å². The number of Topliss-reactive ketones (excluding diaryl/α,β-unsaturated/α-hetero) is 1. The summed E-state index contributed by atoms with van der Waals surface area (Å²) in [5, 5.41) is 5.87. The molecule has 0 spiro atoms. The van der Waals surface area contributed by atoms with Crippen molar-refractivity contribution in [3.63, 3.8) is 0 Å². The molecule has 1 aliphatic heterocycles. The van der Waals surface area contributed by atoms with Gasteiger partial charge in [0.2, 0.25) is 11.8 Å². The summed E-state index contributed by atoms with van der Waals surface area (Å²) in [6.45, 7) is 10.2. The normalized spacial score (nSPS) is 18.4. The lowest BCUT2D eigenvalue weighted by atomic mass is 9.82. The maximum atomic E-state index is 13.8. The van der Waals surface area contributed by atoms with Crippen LogP contribution in [0.15, 0.2) is 60.7 Å². The number of ketones is 1. The molecular formula is C30H41N3O4. The van der Waals surface area contributed by atoms with Gasteiger partial charge in [-0.1, -0.05) is 95.3 Å². The highest BCUT2D eigenvalue weighted by atomic mass is 16.6. The van der Waals surface area contributed by atoms with Crippen LogP contribution in [-0.4, -0.2) is 42.4 Å². The molecule has 37 heavy (non-hydrogen) atoms. The van der Waals surface area contributed by atoms with Crippen LogP contribution >= 0.6 is 0 Å². The van der Waals surface area contributed by atoms with Crippen LogP contribution in [0, 0.1) is 17.3 Å².